The number of ether oxygens (including phenoxy) is 1. The normalized spacial score (nSPS) is 14.2. The second-order valence-corrected chi connectivity index (χ2v) is 4.77. The quantitative estimate of drug-likeness (QED) is 0.850. The third kappa shape index (κ3) is 3.63. The summed E-state index contributed by atoms with van der Waals surface area (Å²) in [5.41, 5.74) is 3.65. The average molecular weight is 236 g/mol. The maximum atomic E-state index is 5.32. The van der Waals surface area contributed by atoms with Crippen molar-refractivity contribution >= 4 is 11.4 Å². The topological polar surface area (TPSA) is 24.5 Å². The number of benzene rings is 1. The van der Waals surface area contributed by atoms with Crippen molar-refractivity contribution in [3.8, 4) is 0 Å². The molecule has 0 aliphatic carbocycles. The summed E-state index contributed by atoms with van der Waals surface area (Å²) in [4.78, 5) is 2.11. The summed E-state index contributed by atoms with van der Waals surface area (Å²) in [6.45, 7) is 6.33. The van der Waals surface area contributed by atoms with E-state index < -0.39 is 0 Å². The molecule has 0 radical (unpaired) electrons. The Hall–Kier alpha value is -1.22. The van der Waals surface area contributed by atoms with Crippen molar-refractivity contribution in [2.45, 2.75) is 32.9 Å². The Labute approximate surface area is 105 Å². The maximum Gasteiger partial charge on any atom is 0.0741 e. The summed E-state index contributed by atoms with van der Waals surface area (Å²) >= 11 is 0. The summed E-state index contributed by atoms with van der Waals surface area (Å²) in [6.07, 6.45) is 0.197. The van der Waals surface area contributed by atoms with Crippen LogP contribution in [0.25, 0.3) is 0 Å². The first-order valence-electron chi connectivity index (χ1n) is 6.03. The number of nitrogens with one attached hydrogen (secondary N) is 1. The fourth-order valence-corrected chi connectivity index (χ4v) is 1.65. The van der Waals surface area contributed by atoms with Crippen LogP contribution in [0.1, 0.15) is 19.4 Å². The molecular weight excluding hydrogens is 212 g/mol. The van der Waals surface area contributed by atoms with E-state index >= 15 is 0 Å². The van der Waals surface area contributed by atoms with E-state index in [2.05, 4.69) is 63.3 Å². The first-order valence-corrected chi connectivity index (χ1v) is 6.03. The molecule has 0 saturated carbocycles. The van der Waals surface area contributed by atoms with E-state index in [9.17, 15) is 0 Å². The third-order valence-corrected chi connectivity index (χ3v) is 3.19. The van der Waals surface area contributed by atoms with Gasteiger partial charge in [-0.2, -0.15) is 0 Å². The van der Waals surface area contributed by atoms with Crippen LogP contribution >= 0.6 is 0 Å². The average Bonchev–Trinajstić information content (AvgIpc) is 2.30. The van der Waals surface area contributed by atoms with Gasteiger partial charge in [-0.15, -0.1) is 0 Å². The van der Waals surface area contributed by atoms with Gasteiger partial charge >= 0.3 is 0 Å². The zero-order valence-electron chi connectivity index (χ0n) is 11.7. The Morgan fingerprint density at radius 1 is 1.24 bits per heavy atom. The molecule has 1 aromatic carbocycles. The molecule has 1 N–H and O–H groups in total. The summed E-state index contributed by atoms with van der Waals surface area (Å²) < 4.78 is 5.32. The minimum absolute atomic E-state index is 0.197. The van der Waals surface area contributed by atoms with Crippen LogP contribution in [0, 0.1) is 6.92 Å². The Kier molecular flexibility index (Phi) is 4.82. The highest BCUT2D eigenvalue weighted by Gasteiger charge is 2.11. The monoisotopic (exact) mass is 236 g/mol. The highest BCUT2D eigenvalue weighted by atomic mass is 16.5. The lowest BCUT2D eigenvalue weighted by Crippen LogP contribution is -2.29. The van der Waals surface area contributed by atoms with Crippen molar-refractivity contribution in [2.24, 2.45) is 0 Å². The highest BCUT2D eigenvalue weighted by Crippen LogP contribution is 2.22. The van der Waals surface area contributed by atoms with Crippen LogP contribution in [0.15, 0.2) is 18.2 Å². The molecule has 0 spiro atoms. The predicted molar refractivity (Wildman–Crippen MR) is 75.1 cm³/mol. The van der Waals surface area contributed by atoms with Crippen molar-refractivity contribution in [2.75, 3.05) is 31.4 Å². The number of anilines is 2. The lowest BCUT2D eigenvalue weighted by Gasteiger charge is -2.23. The Morgan fingerprint density at radius 2 is 1.88 bits per heavy atom. The molecule has 0 heterocycles. The molecule has 2 unspecified atom stereocenters. The highest BCUT2D eigenvalue weighted by molar-refractivity contribution is 5.60. The van der Waals surface area contributed by atoms with Gasteiger partial charge in [-0.25, -0.2) is 0 Å². The minimum Gasteiger partial charge on any atom is -0.380 e. The molecule has 0 aromatic heterocycles. The van der Waals surface area contributed by atoms with E-state index in [1.54, 1.807) is 7.11 Å². The Morgan fingerprint density at radius 3 is 2.35 bits per heavy atom. The third-order valence-electron chi connectivity index (χ3n) is 3.19. The molecular formula is C14H24N2O. The van der Waals surface area contributed by atoms with Gasteiger partial charge in [-0.1, -0.05) is 0 Å². The number of hydrogen-bond acceptors (Lipinski definition) is 3. The molecule has 1 aromatic rings. The zero-order valence-corrected chi connectivity index (χ0v) is 11.7. The van der Waals surface area contributed by atoms with Gasteiger partial charge < -0.3 is 15.0 Å². The van der Waals surface area contributed by atoms with Crippen LogP contribution in [-0.2, 0) is 4.74 Å². The van der Waals surface area contributed by atoms with Crippen LogP contribution in [0.2, 0.25) is 0 Å². The molecule has 0 fully saturated rings. The molecule has 0 saturated heterocycles. The zero-order chi connectivity index (χ0) is 13.0. The molecule has 0 amide bonds. The Balaban J connectivity index is 2.79. The molecule has 3 heteroatoms. The van der Waals surface area contributed by atoms with Crippen LogP contribution in [-0.4, -0.2) is 33.4 Å². The molecule has 0 aliphatic rings. The van der Waals surface area contributed by atoms with Gasteiger partial charge in [-0.3, -0.25) is 0 Å². The maximum absolute atomic E-state index is 5.32. The van der Waals surface area contributed by atoms with Gasteiger partial charge in [0.15, 0.2) is 0 Å². The second kappa shape index (κ2) is 5.92. The van der Waals surface area contributed by atoms with E-state index in [1.807, 2.05) is 0 Å². The minimum atomic E-state index is 0.197. The molecule has 0 bridgehead atoms. The number of methoxy groups -OCH3 is 1. The Bertz CT molecular complexity index is 363. The summed E-state index contributed by atoms with van der Waals surface area (Å²) in [7, 11) is 5.85. The van der Waals surface area contributed by atoms with E-state index in [0.717, 1.165) is 0 Å². The molecule has 2 atom stereocenters. The van der Waals surface area contributed by atoms with E-state index in [0.29, 0.717) is 6.04 Å². The molecule has 1 rings (SSSR count). The molecule has 0 aliphatic heterocycles. The smallest absolute Gasteiger partial charge is 0.0741 e. The number of rotatable bonds is 5. The first-order chi connectivity index (χ1) is 7.95. The van der Waals surface area contributed by atoms with Crippen molar-refractivity contribution < 1.29 is 4.74 Å². The van der Waals surface area contributed by atoms with Gasteiger partial charge in [0.25, 0.3) is 0 Å². The largest absolute Gasteiger partial charge is 0.380 e. The van der Waals surface area contributed by atoms with Crippen LogP contribution in [0.5, 0.6) is 0 Å². The van der Waals surface area contributed by atoms with Crippen molar-refractivity contribution in [1.82, 2.24) is 0 Å². The number of aryl methyl sites for hydroxylation is 1. The van der Waals surface area contributed by atoms with Crippen LogP contribution < -0.4 is 10.2 Å². The SMILES string of the molecule is COC(C)C(C)Nc1ccc(N(C)C)cc1C. The van der Waals surface area contributed by atoms with Crippen LogP contribution in [0.3, 0.4) is 0 Å². The first kappa shape index (κ1) is 13.8. The van der Waals surface area contributed by atoms with E-state index in [1.165, 1.54) is 16.9 Å². The van der Waals surface area contributed by atoms with E-state index in [-0.39, 0.29) is 6.10 Å². The van der Waals surface area contributed by atoms with Crippen molar-refractivity contribution in [3.05, 3.63) is 23.8 Å². The van der Waals surface area contributed by atoms with Gasteiger partial charge in [0.1, 0.15) is 0 Å². The van der Waals surface area contributed by atoms with Gasteiger partial charge in [0, 0.05) is 38.6 Å². The fourth-order valence-electron chi connectivity index (χ4n) is 1.65. The molecule has 17 heavy (non-hydrogen) atoms. The fraction of sp³-hybridized carbons (Fsp3) is 0.571. The standard InChI is InChI=1S/C14H24N2O/c1-10-9-13(16(4)5)7-8-14(10)15-11(2)12(3)17-6/h7-9,11-12,15H,1-6H3. The molecule has 96 valence electrons. The van der Waals surface area contributed by atoms with Gasteiger partial charge in [0.05, 0.1) is 6.10 Å². The summed E-state index contributed by atoms with van der Waals surface area (Å²) in [6, 6.07) is 6.74. The lowest BCUT2D eigenvalue weighted by atomic mass is 10.1. The predicted octanol–water partition coefficient (Wildman–Crippen LogP) is 2.90. The molecule has 3 nitrogen and oxygen atoms in total. The summed E-state index contributed by atoms with van der Waals surface area (Å²) in [5, 5.41) is 3.48. The second-order valence-electron chi connectivity index (χ2n) is 4.77. The number of hydrogen-bond donors (Lipinski definition) is 1. The summed E-state index contributed by atoms with van der Waals surface area (Å²) in [5.74, 6) is 0. The number of nitrogens with zero attached hydrogens (tertiary/aromatic N) is 1. The van der Waals surface area contributed by atoms with E-state index in [4.69, 9.17) is 4.74 Å². The van der Waals surface area contributed by atoms with Crippen LogP contribution in [0.4, 0.5) is 11.4 Å². The van der Waals surface area contributed by atoms with Gasteiger partial charge in [0.2, 0.25) is 0 Å². The van der Waals surface area contributed by atoms with Gasteiger partial charge in [-0.05, 0) is 44.5 Å². The lowest BCUT2D eigenvalue weighted by molar-refractivity contribution is 0.106. The van der Waals surface area contributed by atoms with Crippen molar-refractivity contribution in [3.63, 3.8) is 0 Å². The van der Waals surface area contributed by atoms with Crippen molar-refractivity contribution in [1.29, 1.82) is 0 Å².